The molecule has 0 radical (unpaired) electrons. The van der Waals surface area contributed by atoms with Crippen LogP contribution in [0.4, 0.5) is 5.82 Å². The Labute approximate surface area is 90.1 Å². The van der Waals surface area contributed by atoms with Crippen LogP contribution in [0.5, 0.6) is 0 Å². The van der Waals surface area contributed by atoms with Gasteiger partial charge in [-0.1, -0.05) is 6.07 Å². The number of nitrogen functional groups attached to an aromatic ring is 1. The lowest BCUT2D eigenvalue weighted by Gasteiger charge is -2.00. The first-order valence-electron chi connectivity index (χ1n) is 4.19. The van der Waals surface area contributed by atoms with Crippen LogP contribution in [0.1, 0.15) is 11.3 Å². The summed E-state index contributed by atoms with van der Waals surface area (Å²) >= 11 is 3.25. The Balaban J connectivity index is 2.23. The summed E-state index contributed by atoms with van der Waals surface area (Å²) in [6.07, 6.45) is 2.35. The second kappa shape index (κ2) is 3.84. The number of halogens is 1. The summed E-state index contributed by atoms with van der Waals surface area (Å²) in [5.41, 5.74) is 6.69. The molecular formula is C10H9BrN2O. The molecule has 2 rings (SSSR count). The van der Waals surface area contributed by atoms with Crippen molar-refractivity contribution in [3.05, 3.63) is 46.5 Å². The van der Waals surface area contributed by atoms with E-state index in [1.165, 1.54) is 0 Å². The van der Waals surface area contributed by atoms with Gasteiger partial charge in [0.25, 0.3) is 0 Å². The number of anilines is 1. The Bertz CT molecular complexity index is 439. The maximum Gasteiger partial charge on any atom is 0.169 e. The number of hydrogen-bond acceptors (Lipinski definition) is 3. The first kappa shape index (κ1) is 9.27. The molecule has 2 aromatic heterocycles. The fourth-order valence-corrected chi connectivity index (χ4v) is 1.57. The van der Waals surface area contributed by atoms with Crippen molar-refractivity contribution in [3.63, 3.8) is 0 Å². The van der Waals surface area contributed by atoms with Crippen LogP contribution in [0.25, 0.3) is 0 Å². The molecule has 0 aromatic carbocycles. The summed E-state index contributed by atoms with van der Waals surface area (Å²) in [6.45, 7) is 0. The van der Waals surface area contributed by atoms with Crippen molar-refractivity contribution in [2.75, 3.05) is 5.73 Å². The van der Waals surface area contributed by atoms with E-state index < -0.39 is 0 Å². The zero-order chi connectivity index (χ0) is 9.97. The molecule has 0 atom stereocenters. The van der Waals surface area contributed by atoms with Crippen LogP contribution in [0.2, 0.25) is 0 Å². The number of aromatic nitrogens is 1. The maximum atomic E-state index is 5.71. The first-order chi connectivity index (χ1) is 6.75. The van der Waals surface area contributed by atoms with E-state index in [2.05, 4.69) is 20.9 Å². The largest absolute Gasteiger partial charge is 0.454 e. The lowest BCUT2D eigenvalue weighted by atomic mass is 10.1. The van der Waals surface area contributed by atoms with Crippen molar-refractivity contribution in [3.8, 4) is 0 Å². The topological polar surface area (TPSA) is 52.0 Å². The molecule has 0 aliphatic carbocycles. The van der Waals surface area contributed by atoms with Gasteiger partial charge < -0.3 is 10.2 Å². The summed E-state index contributed by atoms with van der Waals surface area (Å²) in [5, 5.41) is 0. The third-order valence-electron chi connectivity index (χ3n) is 1.92. The van der Waals surface area contributed by atoms with Gasteiger partial charge in [-0.3, -0.25) is 0 Å². The van der Waals surface area contributed by atoms with Crippen LogP contribution < -0.4 is 5.73 Å². The quantitative estimate of drug-likeness (QED) is 0.894. The average molecular weight is 253 g/mol. The third-order valence-corrected chi connectivity index (χ3v) is 2.35. The number of nitrogens with zero attached hydrogens (tertiary/aromatic N) is 1. The molecule has 2 aromatic rings. The molecule has 0 bridgehead atoms. The van der Waals surface area contributed by atoms with E-state index in [-0.39, 0.29) is 0 Å². The standard InChI is InChI=1S/C10H9BrN2O/c11-9-4-3-8(14-9)6-7-2-1-5-13-10(7)12/h1-5H,6H2,(H2,12,13). The summed E-state index contributed by atoms with van der Waals surface area (Å²) < 4.78 is 6.11. The van der Waals surface area contributed by atoms with E-state index >= 15 is 0 Å². The highest BCUT2D eigenvalue weighted by Gasteiger charge is 2.04. The van der Waals surface area contributed by atoms with E-state index in [0.29, 0.717) is 12.2 Å². The normalized spacial score (nSPS) is 10.4. The molecule has 2 N–H and O–H groups in total. The number of pyridine rings is 1. The van der Waals surface area contributed by atoms with E-state index in [4.69, 9.17) is 10.2 Å². The molecule has 0 saturated carbocycles. The van der Waals surface area contributed by atoms with E-state index in [9.17, 15) is 0 Å². The fourth-order valence-electron chi connectivity index (χ4n) is 1.23. The minimum atomic E-state index is 0.556. The zero-order valence-electron chi connectivity index (χ0n) is 7.40. The smallest absolute Gasteiger partial charge is 0.169 e. The van der Waals surface area contributed by atoms with Crippen molar-refractivity contribution >= 4 is 21.7 Å². The van der Waals surface area contributed by atoms with Crippen molar-refractivity contribution in [1.82, 2.24) is 4.98 Å². The highest BCUT2D eigenvalue weighted by Crippen LogP contribution is 2.19. The number of furan rings is 1. The van der Waals surface area contributed by atoms with Gasteiger partial charge >= 0.3 is 0 Å². The predicted molar refractivity (Wildman–Crippen MR) is 57.9 cm³/mol. The van der Waals surface area contributed by atoms with Crippen molar-refractivity contribution < 1.29 is 4.42 Å². The fraction of sp³-hybridized carbons (Fsp3) is 0.100. The predicted octanol–water partition coefficient (Wildman–Crippen LogP) is 2.61. The molecule has 4 heteroatoms. The van der Waals surface area contributed by atoms with Gasteiger partial charge in [-0.25, -0.2) is 4.98 Å². The molecule has 0 saturated heterocycles. The van der Waals surface area contributed by atoms with Gasteiger partial charge in [-0.05, 0) is 34.1 Å². The molecule has 3 nitrogen and oxygen atoms in total. The first-order valence-corrected chi connectivity index (χ1v) is 4.98. The van der Waals surface area contributed by atoms with Crippen LogP contribution in [-0.4, -0.2) is 4.98 Å². The molecule has 14 heavy (non-hydrogen) atoms. The van der Waals surface area contributed by atoms with Crippen molar-refractivity contribution in [2.45, 2.75) is 6.42 Å². The Kier molecular flexibility index (Phi) is 2.54. The van der Waals surface area contributed by atoms with Gasteiger partial charge in [0.2, 0.25) is 0 Å². The SMILES string of the molecule is Nc1ncccc1Cc1ccc(Br)o1. The number of rotatable bonds is 2. The summed E-state index contributed by atoms with van der Waals surface area (Å²) in [6, 6.07) is 7.58. The second-order valence-electron chi connectivity index (χ2n) is 2.93. The maximum absolute atomic E-state index is 5.71. The van der Waals surface area contributed by atoms with Crippen LogP contribution in [0.3, 0.4) is 0 Å². The third kappa shape index (κ3) is 1.96. The molecule has 2 heterocycles. The van der Waals surface area contributed by atoms with Gasteiger partial charge in [0, 0.05) is 18.2 Å². The minimum absolute atomic E-state index is 0.556. The summed E-state index contributed by atoms with van der Waals surface area (Å²) in [4.78, 5) is 4.01. The highest BCUT2D eigenvalue weighted by atomic mass is 79.9. The second-order valence-corrected chi connectivity index (χ2v) is 3.71. The lowest BCUT2D eigenvalue weighted by molar-refractivity contribution is 0.498. The molecule has 0 aliphatic rings. The summed E-state index contributed by atoms with van der Waals surface area (Å²) in [7, 11) is 0. The van der Waals surface area contributed by atoms with Gasteiger partial charge in [-0.15, -0.1) is 0 Å². The van der Waals surface area contributed by atoms with Gasteiger partial charge in [0.1, 0.15) is 11.6 Å². The molecule has 0 amide bonds. The molecule has 0 fully saturated rings. The van der Waals surface area contributed by atoms with Gasteiger partial charge in [0.05, 0.1) is 0 Å². The monoisotopic (exact) mass is 252 g/mol. The van der Waals surface area contributed by atoms with Gasteiger partial charge in [0.15, 0.2) is 4.67 Å². The molecule has 0 spiro atoms. The van der Waals surface area contributed by atoms with Crippen molar-refractivity contribution in [2.24, 2.45) is 0 Å². The number of nitrogens with two attached hydrogens (primary N) is 1. The lowest BCUT2D eigenvalue weighted by Crippen LogP contribution is -1.97. The van der Waals surface area contributed by atoms with E-state index in [0.717, 1.165) is 16.0 Å². The zero-order valence-corrected chi connectivity index (χ0v) is 8.99. The van der Waals surface area contributed by atoms with E-state index in [1.807, 2.05) is 24.3 Å². The van der Waals surface area contributed by atoms with Crippen LogP contribution in [0, 0.1) is 0 Å². The Morgan fingerprint density at radius 2 is 2.21 bits per heavy atom. The Morgan fingerprint density at radius 3 is 2.86 bits per heavy atom. The van der Waals surface area contributed by atoms with Crippen LogP contribution in [0.15, 0.2) is 39.5 Å². The molecular weight excluding hydrogens is 244 g/mol. The van der Waals surface area contributed by atoms with Crippen molar-refractivity contribution in [1.29, 1.82) is 0 Å². The molecule has 0 aliphatic heterocycles. The summed E-state index contributed by atoms with van der Waals surface area (Å²) in [5.74, 6) is 1.43. The Hall–Kier alpha value is -1.29. The van der Waals surface area contributed by atoms with E-state index in [1.54, 1.807) is 6.20 Å². The highest BCUT2D eigenvalue weighted by molar-refractivity contribution is 9.10. The average Bonchev–Trinajstić information content (AvgIpc) is 2.56. The van der Waals surface area contributed by atoms with Crippen LogP contribution in [-0.2, 0) is 6.42 Å². The van der Waals surface area contributed by atoms with Gasteiger partial charge in [-0.2, -0.15) is 0 Å². The van der Waals surface area contributed by atoms with Crippen LogP contribution >= 0.6 is 15.9 Å². The Morgan fingerprint density at radius 1 is 1.36 bits per heavy atom. The minimum Gasteiger partial charge on any atom is -0.454 e. The number of hydrogen-bond donors (Lipinski definition) is 1. The molecule has 0 unspecified atom stereocenters. The molecule has 72 valence electrons.